The predicted molar refractivity (Wildman–Crippen MR) is 77.1 cm³/mol. The molecule has 0 heterocycles. The Morgan fingerprint density at radius 2 is 1.83 bits per heavy atom. The van der Waals surface area contributed by atoms with Gasteiger partial charge in [-0.1, -0.05) is 24.3 Å². The number of ether oxygens (including phenoxy) is 1. The smallest absolute Gasteiger partial charge is 0.481 e. The summed E-state index contributed by atoms with van der Waals surface area (Å²) in [7, 11) is 0. The van der Waals surface area contributed by atoms with Crippen molar-refractivity contribution in [1.82, 2.24) is 0 Å². The third-order valence-corrected chi connectivity index (χ3v) is 4.06. The summed E-state index contributed by atoms with van der Waals surface area (Å²) in [6.45, 7) is 0. The zero-order valence-corrected chi connectivity index (χ0v) is 12.2. The number of halogens is 4. The van der Waals surface area contributed by atoms with Crippen LogP contribution in [0.3, 0.4) is 0 Å². The molecule has 0 atom stereocenters. The number of hydrogen-bond acceptors (Lipinski definition) is 2. The van der Waals surface area contributed by atoms with E-state index >= 15 is 0 Å². The Hall–Kier alpha value is -2.57. The second-order valence-corrected chi connectivity index (χ2v) is 5.66. The number of rotatable bonds is 4. The first-order chi connectivity index (χ1) is 11.2. The summed E-state index contributed by atoms with van der Waals surface area (Å²) in [5.74, 6) is -2.15. The summed E-state index contributed by atoms with van der Waals surface area (Å²) in [5, 5.41) is 9.23. The Bertz CT molecular complexity index is 795. The van der Waals surface area contributed by atoms with E-state index in [-0.39, 0.29) is 11.1 Å². The molecule has 0 aromatic heterocycles. The zero-order valence-electron chi connectivity index (χ0n) is 12.2. The molecule has 0 aliphatic heterocycles. The molecule has 0 amide bonds. The van der Waals surface area contributed by atoms with E-state index in [0.717, 1.165) is 18.2 Å². The highest BCUT2D eigenvalue weighted by atomic mass is 19.4. The largest absolute Gasteiger partial charge is 0.573 e. The molecule has 1 aliphatic carbocycles. The Balaban J connectivity index is 1.93. The molecule has 3 nitrogen and oxygen atoms in total. The van der Waals surface area contributed by atoms with Gasteiger partial charge in [-0.05, 0) is 42.2 Å². The van der Waals surface area contributed by atoms with Crippen LogP contribution in [0.2, 0.25) is 0 Å². The quantitative estimate of drug-likeness (QED) is 0.833. The lowest BCUT2D eigenvalue weighted by Gasteiger charge is -2.13. The van der Waals surface area contributed by atoms with E-state index in [2.05, 4.69) is 4.74 Å². The maximum Gasteiger partial charge on any atom is 0.573 e. The molecular weight excluding hydrogens is 328 g/mol. The standard InChI is InChI=1S/C17H12F4O3/c18-14-9-11(16(6-7-16)15(22)23)4-5-13(14)10-2-1-3-12(8-10)24-17(19,20)21/h1-5,8-9H,6-7H2,(H,22,23). The minimum Gasteiger partial charge on any atom is -0.481 e. The number of hydrogen-bond donors (Lipinski definition) is 1. The highest BCUT2D eigenvalue weighted by molar-refractivity contribution is 5.85. The van der Waals surface area contributed by atoms with E-state index in [1.54, 1.807) is 0 Å². The van der Waals surface area contributed by atoms with Crippen molar-refractivity contribution in [3.63, 3.8) is 0 Å². The first-order valence-corrected chi connectivity index (χ1v) is 7.11. The van der Waals surface area contributed by atoms with Gasteiger partial charge < -0.3 is 9.84 Å². The van der Waals surface area contributed by atoms with Crippen LogP contribution in [0.15, 0.2) is 42.5 Å². The topological polar surface area (TPSA) is 46.5 Å². The minimum absolute atomic E-state index is 0.0764. The molecule has 0 spiro atoms. The number of carbonyl (C=O) groups is 1. The Kier molecular flexibility index (Phi) is 3.74. The van der Waals surface area contributed by atoms with Gasteiger partial charge >= 0.3 is 12.3 Å². The molecule has 0 bridgehead atoms. The Morgan fingerprint density at radius 3 is 2.38 bits per heavy atom. The van der Waals surface area contributed by atoms with E-state index in [4.69, 9.17) is 0 Å². The van der Waals surface area contributed by atoms with Gasteiger partial charge in [0.2, 0.25) is 0 Å². The van der Waals surface area contributed by atoms with Crippen LogP contribution in [0, 0.1) is 5.82 Å². The summed E-state index contributed by atoms with van der Waals surface area (Å²) >= 11 is 0. The molecule has 0 unspecified atom stereocenters. The summed E-state index contributed by atoms with van der Waals surface area (Å²) in [5.41, 5.74) is -0.395. The lowest BCUT2D eigenvalue weighted by atomic mass is 9.93. The van der Waals surface area contributed by atoms with Crippen molar-refractivity contribution in [3.05, 3.63) is 53.8 Å². The van der Waals surface area contributed by atoms with Gasteiger partial charge in [0.15, 0.2) is 0 Å². The summed E-state index contributed by atoms with van der Waals surface area (Å²) < 4.78 is 55.0. The fourth-order valence-corrected chi connectivity index (χ4v) is 2.66. The third kappa shape index (κ3) is 3.06. The van der Waals surface area contributed by atoms with Crippen molar-refractivity contribution in [3.8, 4) is 16.9 Å². The van der Waals surface area contributed by atoms with E-state index in [9.17, 15) is 27.5 Å². The average Bonchev–Trinajstić information content (AvgIpc) is 3.27. The molecule has 2 aromatic carbocycles. The van der Waals surface area contributed by atoms with Gasteiger partial charge in [-0.15, -0.1) is 13.2 Å². The Morgan fingerprint density at radius 1 is 1.12 bits per heavy atom. The molecule has 24 heavy (non-hydrogen) atoms. The molecule has 126 valence electrons. The predicted octanol–water partition coefficient (Wildman–Crippen LogP) is 4.51. The average molecular weight is 340 g/mol. The van der Waals surface area contributed by atoms with Crippen molar-refractivity contribution in [2.24, 2.45) is 0 Å². The number of benzene rings is 2. The summed E-state index contributed by atoms with van der Waals surface area (Å²) in [6.07, 6.45) is -3.95. The molecule has 7 heteroatoms. The van der Waals surface area contributed by atoms with Crippen LogP contribution >= 0.6 is 0 Å². The number of alkyl halides is 3. The second-order valence-electron chi connectivity index (χ2n) is 5.66. The molecule has 0 radical (unpaired) electrons. The fraction of sp³-hybridized carbons (Fsp3) is 0.235. The van der Waals surface area contributed by atoms with Gasteiger partial charge in [-0.2, -0.15) is 0 Å². The minimum atomic E-state index is -4.83. The number of aliphatic carboxylic acids is 1. The summed E-state index contributed by atoms with van der Waals surface area (Å²) in [4.78, 5) is 11.3. The van der Waals surface area contributed by atoms with Gasteiger partial charge in [0, 0.05) is 5.56 Å². The van der Waals surface area contributed by atoms with Crippen LogP contribution in [0.4, 0.5) is 17.6 Å². The second kappa shape index (κ2) is 5.51. The Labute approximate surface area is 134 Å². The normalized spacial score (nSPS) is 15.8. The molecule has 1 fully saturated rings. The number of carboxylic acid groups (broad SMARTS) is 1. The van der Waals surface area contributed by atoms with Gasteiger partial charge in [0.05, 0.1) is 5.41 Å². The van der Waals surface area contributed by atoms with Gasteiger partial charge in [0.1, 0.15) is 11.6 Å². The van der Waals surface area contributed by atoms with Crippen LogP contribution in [0.25, 0.3) is 11.1 Å². The lowest BCUT2D eigenvalue weighted by Crippen LogP contribution is -2.19. The highest BCUT2D eigenvalue weighted by Gasteiger charge is 2.51. The molecule has 0 saturated heterocycles. The molecule has 2 aromatic rings. The first-order valence-electron chi connectivity index (χ1n) is 7.11. The molecule has 1 aliphatic rings. The van der Waals surface area contributed by atoms with E-state index in [1.807, 2.05) is 0 Å². The first kappa shape index (κ1) is 16.3. The van der Waals surface area contributed by atoms with E-state index in [1.165, 1.54) is 24.3 Å². The lowest BCUT2D eigenvalue weighted by molar-refractivity contribution is -0.274. The third-order valence-electron chi connectivity index (χ3n) is 4.06. The van der Waals surface area contributed by atoms with Crippen LogP contribution in [0.1, 0.15) is 18.4 Å². The number of carboxylic acids is 1. The van der Waals surface area contributed by atoms with Gasteiger partial charge in [-0.3, -0.25) is 4.79 Å². The van der Waals surface area contributed by atoms with Crippen LogP contribution in [-0.2, 0) is 10.2 Å². The fourth-order valence-electron chi connectivity index (χ4n) is 2.66. The van der Waals surface area contributed by atoms with Gasteiger partial charge in [0.25, 0.3) is 0 Å². The van der Waals surface area contributed by atoms with E-state index in [0.29, 0.717) is 18.4 Å². The van der Waals surface area contributed by atoms with Crippen LogP contribution in [0.5, 0.6) is 5.75 Å². The van der Waals surface area contributed by atoms with Crippen molar-refractivity contribution in [2.45, 2.75) is 24.6 Å². The van der Waals surface area contributed by atoms with Crippen molar-refractivity contribution >= 4 is 5.97 Å². The maximum atomic E-state index is 14.4. The molecule has 3 rings (SSSR count). The molecule has 1 N–H and O–H groups in total. The van der Waals surface area contributed by atoms with Crippen LogP contribution < -0.4 is 4.74 Å². The molecule has 1 saturated carbocycles. The van der Waals surface area contributed by atoms with Crippen molar-refractivity contribution < 1.29 is 32.2 Å². The zero-order chi connectivity index (χ0) is 17.5. The van der Waals surface area contributed by atoms with E-state index < -0.39 is 29.3 Å². The monoisotopic (exact) mass is 340 g/mol. The molecular formula is C17H12F4O3. The SMILES string of the molecule is O=C(O)C1(c2ccc(-c3cccc(OC(F)(F)F)c3)c(F)c2)CC1. The highest BCUT2D eigenvalue weighted by Crippen LogP contribution is 2.49. The maximum absolute atomic E-state index is 14.4. The van der Waals surface area contributed by atoms with Gasteiger partial charge in [-0.25, -0.2) is 4.39 Å². The van der Waals surface area contributed by atoms with Crippen molar-refractivity contribution in [2.75, 3.05) is 0 Å². The van der Waals surface area contributed by atoms with Crippen LogP contribution in [-0.4, -0.2) is 17.4 Å². The summed E-state index contributed by atoms with van der Waals surface area (Å²) in [6, 6.07) is 8.97. The van der Waals surface area contributed by atoms with Crippen molar-refractivity contribution in [1.29, 1.82) is 0 Å².